The highest BCUT2D eigenvalue weighted by Crippen LogP contribution is 2.30. The SMILES string of the molecule is O=C(Nc1cccc(C(F)(F)F)c1)Nc1c[n+](Cc2ccc(-c3ccccc3)cc2)no1. The van der Waals surface area contributed by atoms with Gasteiger partial charge < -0.3 is 5.32 Å². The van der Waals surface area contributed by atoms with Crippen LogP contribution in [0.25, 0.3) is 11.1 Å². The maximum absolute atomic E-state index is 12.8. The molecule has 0 saturated carbocycles. The molecule has 0 fully saturated rings. The molecule has 6 nitrogen and oxygen atoms in total. The third-order valence-electron chi connectivity index (χ3n) is 4.60. The summed E-state index contributed by atoms with van der Waals surface area (Å²) in [5.41, 5.74) is 2.33. The Hall–Kier alpha value is -4.14. The molecule has 1 aromatic heterocycles. The molecule has 0 atom stereocenters. The van der Waals surface area contributed by atoms with Crippen LogP contribution in [0.5, 0.6) is 0 Å². The Balaban J connectivity index is 1.35. The zero-order chi connectivity index (χ0) is 22.6. The molecule has 3 aromatic carbocycles. The number of urea groups is 1. The summed E-state index contributed by atoms with van der Waals surface area (Å²) in [6.45, 7) is 0.412. The molecule has 1 heterocycles. The van der Waals surface area contributed by atoms with Crippen LogP contribution in [0.3, 0.4) is 0 Å². The standard InChI is InChI=1S/C23H17F3N4O2/c24-23(25,26)19-7-4-8-20(13-19)27-22(31)28-21-15-30(29-32-21)14-16-9-11-18(12-10-16)17-5-2-1-3-6-17/h1-13,15H,14H2,(H-,27,28,29,31)/p+1. The van der Waals surface area contributed by atoms with Gasteiger partial charge in [-0.2, -0.15) is 13.2 Å². The van der Waals surface area contributed by atoms with Gasteiger partial charge in [0.25, 0.3) is 6.20 Å². The number of alkyl halides is 3. The summed E-state index contributed by atoms with van der Waals surface area (Å²) in [7, 11) is 0. The van der Waals surface area contributed by atoms with E-state index in [1.54, 1.807) is 0 Å². The molecule has 32 heavy (non-hydrogen) atoms. The summed E-state index contributed by atoms with van der Waals surface area (Å²) in [6.07, 6.45) is -3.01. The quantitative estimate of drug-likeness (QED) is 0.413. The summed E-state index contributed by atoms with van der Waals surface area (Å²) in [4.78, 5) is 12.1. The van der Waals surface area contributed by atoms with Crippen molar-refractivity contribution in [2.24, 2.45) is 0 Å². The first-order valence-corrected chi connectivity index (χ1v) is 9.63. The average Bonchev–Trinajstić information content (AvgIpc) is 3.21. The van der Waals surface area contributed by atoms with Gasteiger partial charge >= 0.3 is 18.1 Å². The lowest BCUT2D eigenvalue weighted by Crippen LogP contribution is -2.35. The number of amides is 2. The van der Waals surface area contributed by atoms with E-state index in [2.05, 4.69) is 15.9 Å². The Morgan fingerprint density at radius 1 is 0.906 bits per heavy atom. The van der Waals surface area contributed by atoms with Gasteiger partial charge in [0.1, 0.15) is 0 Å². The number of aromatic nitrogens is 2. The second-order valence-electron chi connectivity index (χ2n) is 6.98. The molecule has 4 aromatic rings. The number of carbonyl (C=O) groups excluding carboxylic acids is 1. The molecule has 2 N–H and O–H groups in total. The number of carbonyl (C=O) groups is 1. The number of nitrogens with one attached hydrogen (secondary N) is 2. The lowest BCUT2D eigenvalue weighted by atomic mass is 10.0. The minimum Gasteiger partial charge on any atom is -0.308 e. The van der Waals surface area contributed by atoms with Gasteiger partial charge in [-0.15, -0.1) is 0 Å². The summed E-state index contributed by atoms with van der Waals surface area (Å²) < 4.78 is 44.9. The van der Waals surface area contributed by atoms with E-state index in [0.717, 1.165) is 28.8 Å². The van der Waals surface area contributed by atoms with Crippen molar-refractivity contribution >= 4 is 17.6 Å². The molecule has 0 aliphatic carbocycles. The van der Waals surface area contributed by atoms with Crippen molar-refractivity contribution < 1.29 is 27.2 Å². The molecule has 0 aliphatic heterocycles. The van der Waals surface area contributed by atoms with Crippen molar-refractivity contribution in [3.63, 3.8) is 0 Å². The Morgan fingerprint density at radius 3 is 2.34 bits per heavy atom. The van der Waals surface area contributed by atoms with Crippen LogP contribution in [-0.2, 0) is 12.7 Å². The van der Waals surface area contributed by atoms with E-state index < -0.39 is 17.8 Å². The van der Waals surface area contributed by atoms with Gasteiger partial charge in [-0.25, -0.2) is 4.79 Å². The molecular weight excluding hydrogens is 421 g/mol. The second-order valence-corrected chi connectivity index (χ2v) is 6.98. The predicted octanol–water partition coefficient (Wildman–Crippen LogP) is 5.34. The fourth-order valence-corrected chi connectivity index (χ4v) is 3.08. The van der Waals surface area contributed by atoms with Crippen LogP contribution in [0.1, 0.15) is 11.1 Å². The van der Waals surface area contributed by atoms with Crippen LogP contribution in [0.2, 0.25) is 0 Å². The number of nitrogens with zero attached hydrogens (tertiary/aromatic N) is 2. The molecule has 0 spiro atoms. The molecule has 9 heteroatoms. The third kappa shape index (κ3) is 5.31. The van der Waals surface area contributed by atoms with E-state index in [-0.39, 0.29) is 11.6 Å². The van der Waals surface area contributed by atoms with Crippen molar-refractivity contribution in [3.8, 4) is 11.1 Å². The molecular formula is C23H18F3N4O2+. The van der Waals surface area contributed by atoms with Crippen LogP contribution in [-0.4, -0.2) is 11.3 Å². The van der Waals surface area contributed by atoms with Crippen molar-refractivity contribution in [2.75, 3.05) is 10.6 Å². The molecule has 4 rings (SSSR count). The number of halogens is 3. The van der Waals surface area contributed by atoms with E-state index in [1.807, 2.05) is 54.6 Å². The van der Waals surface area contributed by atoms with E-state index in [9.17, 15) is 18.0 Å². The zero-order valence-electron chi connectivity index (χ0n) is 16.6. The Kier molecular flexibility index (Phi) is 5.89. The molecule has 0 saturated heterocycles. The molecule has 0 aliphatic rings. The zero-order valence-corrected chi connectivity index (χ0v) is 16.6. The average molecular weight is 439 g/mol. The van der Waals surface area contributed by atoms with Crippen molar-refractivity contribution in [2.45, 2.75) is 12.7 Å². The lowest BCUT2D eigenvalue weighted by molar-refractivity contribution is -0.754. The van der Waals surface area contributed by atoms with E-state index in [0.29, 0.717) is 6.54 Å². The molecule has 0 unspecified atom stereocenters. The van der Waals surface area contributed by atoms with Gasteiger partial charge in [-0.1, -0.05) is 60.7 Å². The van der Waals surface area contributed by atoms with Gasteiger partial charge in [0, 0.05) is 11.3 Å². The van der Waals surface area contributed by atoms with Gasteiger partial charge in [0.05, 0.1) is 5.56 Å². The van der Waals surface area contributed by atoms with Gasteiger partial charge in [0.2, 0.25) is 11.8 Å². The summed E-state index contributed by atoms with van der Waals surface area (Å²) in [5.74, 6) is 0.0513. The largest absolute Gasteiger partial charge is 0.416 e. The summed E-state index contributed by atoms with van der Waals surface area (Å²) in [5, 5.41) is 8.59. The smallest absolute Gasteiger partial charge is 0.308 e. The fraction of sp³-hybridized carbons (Fsp3) is 0.0870. The lowest BCUT2D eigenvalue weighted by Gasteiger charge is -2.09. The number of rotatable bonds is 5. The second kappa shape index (κ2) is 8.93. The van der Waals surface area contributed by atoms with Gasteiger partial charge in [-0.05, 0) is 34.0 Å². The van der Waals surface area contributed by atoms with Crippen molar-refractivity contribution in [1.82, 2.24) is 5.27 Å². The maximum atomic E-state index is 12.8. The molecule has 162 valence electrons. The highest BCUT2D eigenvalue weighted by atomic mass is 19.4. The van der Waals surface area contributed by atoms with Crippen LogP contribution in [0.4, 0.5) is 29.5 Å². The number of hydrogen-bond donors (Lipinski definition) is 2. The highest BCUT2D eigenvalue weighted by Gasteiger charge is 2.30. The molecule has 0 radical (unpaired) electrons. The fourth-order valence-electron chi connectivity index (χ4n) is 3.08. The van der Waals surface area contributed by atoms with E-state index >= 15 is 0 Å². The number of anilines is 2. The highest BCUT2D eigenvalue weighted by molar-refractivity contribution is 5.98. The topological polar surface area (TPSA) is 71.0 Å². The number of benzene rings is 3. The monoisotopic (exact) mass is 439 g/mol. The Labute approximate surface area is 181 Å². The summed E-state index contributed by atoms with van der Waals surface area (Å²) in [6, 6.07) is 21.5. The minimum absolute atomic E-state index is 0.00298. The van der Waals surface area contributed by atoms with Crippen molar-refractivity contribution in [1.29, 1.82) is 0 Å². The molecule has 2 amide bonds. The number of hydrogen-bond acceptors (Lipinski definition) is 3. The van der Waals surface area contributed by atoms with E-state index in [1.165, 1.54) is 23.0 Å². The predicted molar refractivity (Wildman–Crippen MR) is 112 cm³/mol. The Bertz CT molecular complexity index is 1210. The first-order chi connectivity index (χ1) is 15.4. The van der Waals surface area contributed by atoms with Gasteiger partial charge in [0.15, 0.2) is 0 Å². The first kappa shape index (κ1) is 21.1. The molecule has 0 bridgehead atoms. The Morgan fingerprint density at radius 2 is 1.62 bits per heavy atom. The van der Waals surface area contributed by atoms with Crippen LogP contribution >= 0.6 is 0 Å². The van der Waals surface area contributed by atoms with Crippen molar-refractivity contribution in [3.05, 3.63) is 96.2 Å². The summed E-state index contributed by atoms with van der Waals surface area (Å²) >= 11 is 0. The van der Waals surface area contributed by atoms with Crippen LogP contribution in [0, 0.1) is 0 Å². The van der Waals surface area contributed by atoms with E-state index in [4.69, 9.17) is 4.52 Å². The van der Waals surface area contributed by atoms with Crippen LogP contribution in [0.15, 0.2) is 89.6 Å². The van der Waals surface area contributed by atoms with Gasteiger partial charge in [-0.3, -0.25) is 9.84 Å². The normalized spacial score (nSPS) is 11.2. The first-order valence-electron chi connectivity index (χ1n) is 9.63. The minimum atomic E-state index is -4.50. The maximum Gasteiger partial charge on any atom is 0.416 e. The van der Waals surface area contributed by atoms with Crippen LogP contribution < -0.4 is 15.3 Å². The third-order valence-corrected chi connectivity index (χ3v) is 4.60.